The second kappa shape index (κ2) is 6.71. The minimum Gasteiger partial charge on any atom is -0.490 e. The molecule has 1 unspecified atom stereocenters. The average molecular weight is 297 g/mol. The van der Waals surface area contributed by atoms with Crippen LogP contribution < -0.4 is 10.1 Å². The Bertz CT molecular complexity index is 518. The minimum atomic E-state index is -0.653. The molecule has 0 spiro atoms. The second-order valence-electron chi connectivity index (χ2n) is 5.31. The van der Waals surface area contributed by atoms with E-state index in [1.165, 1.54) is 26.0 Å². The van der Waals surface area contributed by atoms with Gasteiger partial charge in [-0.1, -0.05) is 0 Å². The molecule has 0 radical (unpaired) electrons. The van der Waals surface area contributed by atoms with Crippen molar-refractivity contribution in [2.24, 2.45) is 0 Å². The zero-order valence-electron chi connectivity index (χ0n) is 12.3. The molecule has 6 nitrogen and oxygen atoms in total. The molecule has 1 aromatic rings. The van der Waals surface area contributed by atoms with E-state index in [2.05, 4.69) is 10.2 Å². The van der Waals surface area contributed by atoms with Crippen molar-refractivity contribution in [3.05, 3.63) is 28.1 Å². The van der Waals surface area contributed by atoms with Crippen LogP contribution in [0.3, 0.4) is 0 Å². The Hall–Kier alpha value is -1.89. The predicted octanol–water partition coefficient (Wildman–Crippen LogP) is 2.64. The van der Waals surface area contributed by atoms with E-state index in [4.69, 9.17) is 4.74 Å². The van der Waals surface area contributed by atoms with E-state index < -0.39 is 10.7 Å². The number of ether oxygens (including phenoxy) is 1. The topological polar surface area (TPSA) is 67.6 Å². The van der Waals surface area contributed by atoms with Crippen LogP contribution in [-0.2, 0) is 0 Å². The van der Waals surface area contributed by atoms with Gasteiger partial charge in [0, 0.05) is 18.7 Å². The van der Waals surface area contributed by atoms with Gasteiger partial charge in [0.05, 0.1) is 23.8 Å². The number of rotatable bonds is 6. The van der Waals surface area contributed by atoms with E-state index in [1.54, 1.807) is 0 Å². The number of benzene rings is 1. The van der Waals surface area contributed by atoms with Gasteiger partial charge in [-0.25, -0.2) is 4.39 Å². The lowest BCUT2D eigenvalue weighted by molar-refractivity contribution is -0.385. The molecule has 116 valence electrons. The van der Waals surface area contributed by atoms with Crippen molar-refractivity contribution in [3.63, 3.8) is 0 Å². The lowest BCUT2D eigenvalue weighted by Crippen LogP contribution is -2.33. The highest BCUT2D eigenvalue weighted by atomic mass is 19.1. The van der Waals surface area contributed by atoms with Crippen molar-refractivity contribution in [1.29, 1.82) is 0 Å². The second-order valence-corrected chi connectivity index (χ2v) is 5.31. The Morgan fingerprint density at radius 2 is 2.14 bits per heavy atom. The maximum absolute atomic E-state index is 14.0. The van der Waals surface area contributed by atoms with Gasteiger partial charge in [0.2, 0.25) is 0 Å². The summed E-state index contributed by atoms with van der Waals surface area (Å²) in [6, 6.07) is 2.28. The smallest absolute Gasteiger partial charge is 0.313 e. The maximum Gasteiger partial charge on any atom is 0.313 e. The first-order valence-electron chi connectivity index (χ1n) is 7.02. The van der Waals surface area contributed by atoms with Gasteiger partial charge in [-0.05, 0) is 32.9 Å². The highest BCUT2D eigenvalue weighted by Crippen LogP contribution is 2.32. The lowest BCUT2D eigenvalue weighted by Gasteiger charge is -2.22. The highest BCUT2D eigenvalue weighted by molar-refractivity contribution is 5.59. The molecule has 1 aliphatic heterocycles. The van der Waals surface area contributed by atoms with Crippen molar-refractivity contribution < 1.29 is 14.1 Å². The summed E-state index contributed by atoms with van der Waals surface area (Å²) in [7, 11) is 1.33. The number of halogens is 1. The van der Waals surface area contributed by atoms with Crippen molar-refractivity contribution in [1.82, 2.24) is 4.90 Å². The van der Waals surface area contributed by atoms with Crippen molar-refractivity contribution in [3.8, 4) is 5.75 Å². The van der Waals surface area contributed by atoms with Crippen molar-refractivity contribution in [2.45, 2.75) is 25.8 Å². The molecule has 7 heteroatoms. The summed E-state index contributed by atoms with van der Waals surface area (Å²) in [5, 5.41) is 13.9. The Morgan fingerprint density at radius 3 is 2.71 bits per heavy atom. The number of nitrogens with one attached hydrogen (secondary N) is 1. The SMILES string of the molecule is COc1cc(NC(C)CN2CCCC2)c(F)cc1[N+](=O)[O-]. The van der Waals surface area contributed by atoms with E-state index in [0.29, 0.717) is 0 Å². The van der Waals surface area contributed by atoms with Crippen LogP contribution in [0.4, 0.5) is 15.8 Å². The third-order valence-corrected chi connectivity index (χ3v) is 3.60. The fourth-order valence-corrected chi connectivity index (χ4v) is 2.62. The number of hydrogen-bond acceptors (Lipinski definition) is 5. The quantitative estimate of drug-likeness (QED) is 0.646. The van der Waals surface area contributed by atoms with Crippen LogP contribution in [-0.4, -0.2) is 42.6 Å². The molecule has 0 aromatic heterocycles. The van der Waals surface area contributed by atoms with Gasteiger partial charge in [-0.15, -0.1) is 0 Å². The normalized spacial score (nSPS) is 16.7. The molecular formula is C14H20FN3O3. The van der Waals surface area contributed by atoms with Crippen LogP contribution in [0.5, 0.6) is 5.75 Å². The molecule has 0 aliphatic carbocycles. The molecule has 1 atom stereocenters. The zero-order chi connectivity index (χ0) is 15.4. The van der Waals surface area contributed by atoms with E-state index >= 15 is 0 Å². The van der Waals surface area contributed by atoms with Gasteiger partial charge in [0.15, 0.2) is 11.6 Å². The highest BCUT2D eigenvalue weighted by Gasteiger charge is 2.21. The Kier molecular flexibility index (Phi) is 4.95. The van der Waals surface area contributed by atoms with E-state index in [-0.39, 0.29) is 23.2 Å². The Morgan fingerprint density at radius 1 is 1.48 bits per heavy atom. The third kappa shape index (κ3) is 3.81. The third-order valence-electron chi connectivity index (χ3n) is 3.60. The first kappa shape index (κ1) is 15.5. The molecule has 2 rings (SSSR count). The van der Waals surface area contributed by atoms with Crippen LogP contribution in [0, 0.1) is 15.9 Å². The zero-order valence-corrected chi connectivity index (χ0v) is 12.3. The molecule has 1 heterocycles. The summed E-state index contributed by atoms with van der Waals surface area (Å²) >= 11 is 0. The van der Waals surface area contributed by atoms with Gasteiger partial charge in [-0.2, -0.15) is 0 Å². The Balaban J connectivity index is 2.10. The predicted molar refractivity (Wildman–Crippen MR) is 78.4 cm³/mol. The first-order chi connectivity index (χ1) is 10.0. The van der Waals surface area contributed by atoms with E-state index in [0.717, 1.165) is 25.7 Å². The van der Waals surface area contributed by atoms with Crippen LogP contribution in [0.1, 0.15) is 19.8 Å². The first-order valence-corrected chi connectivity index (χ1v) is 7.02. The summed E-state index contributed by atoms with van der Waals surface area (Å²) in [5.41, 5.74) is -0.142. The van der Waals surface area contributed by atoms with Gasteiger partial charge in [0.1, 0.15) is 0 Å². The van der Waals surface area contributed by atoms with E-state index in [1.807, 2.05) is 6.92 Å². The van der Waals surface area contributed by atoms with E-state index in [9.17, 15) is 14.5 Å². The molecule has 21 heavy (non-hydrogen) atoms. The van der Waals surface area contributed by atoms with Crippen LogP contribution >= 0.6 is 0 Å². The summed E-state index contributed by atoms with van der Waals surface area (Å²) < 4.78 is 18.9. The largest absolute Gasteiger partial charge is 0.490 e. The molecule has 1 aliphatic rings. The van der Waals surface area contributed by atoms with Crippen LogP contribution in [0.2, 0.25) is 0 Å². The number of likely N-dealkylation sites (tertiary alicyclic amines) is 1. The molecule has 0 amide bonds. The number of hydrogen-bond donors (Lipinski definition) is 1. The van der Waals surface area contributed by atoms with Crippen molar-refractivity contribution in [2.75, 3.05) is 32.1 Å². The molecule has 1 saturated heterocycles. The standard InChI is InChI=1S/C14H20FN3O3/c1-10(9-17-5-3-4-6-17)16-12-8-14(21-2)13(18(19)20)7-11(12)15/h7-8,10,16H,3-6,9H2,1-2H3. The van der Waals surface area contributed by atoms with Crippen LogP contribution in [0.25, 0.3) is 0 Å². The molecular weight excluding hydrogens is 277 g/mol. The number of nitro benzene ring substituents is 1. The van der Waals surface area contributed by atoms with Gasteiger partial charge in [-0.3, -0.25) is 10.1 Å². The van der Waals surface area contributed by atoms with Gasteiger partial charge in [0.25, 0.3) is 0 Å². The molecule has 1 N–H and O–H groups in total. The van der Waals surface area contributed by atoms with Gasteiger partial charge < -0.3 is 15.0 Å². The summed E-state index contributed by atoms with van der Waals surface area (Å²) in [4.78, 5) is 12.5. The number of nitrogens with zero attached hydrogens (tertiary/aromatic N) is 2. The number of nitro groups is 1. The minimum absolute atomic E-state index is 0.0452. The van der Waals surface area contributed by atoms with Crippen LogP contribution in [0.15, 0.2) is 12.1 Å². The molecule has 1 aromatic carbocycles. The number of anilines is 1. The monoisotopic (exact) mass is 297 g/mol. The molecule has 0 bridgehead atoms. The average Bonchev–Trinajstić information content (AvgIpc) is 2.93. The summed E-state index contributed by atoms with van der Waals surface area (Å²) in [6.07, 6.45) is 2.40. The fraction of sp³-hybridized carbons (Fsp3) is 0.571. The summed E-state index contributed by atoms with van der Waals surface area (Å²) in [6.45, 7) is 4.92. The Labute approximate surface area is 123 Å². The van der Waals surface area contributed by atoms with Gasteiger partial charge >= 0.3 is 5.69 Å². The summed E-state index contributed by atoms with van der Waals surface area (Å²) in [5.74, 6) is -0.590. The molecule has 1 fully saturated rings. The lowest BCUT2D eigenvalue weighted by atomic mass is 10.2. The number of methoxy groups -OCH3 is 1. The van der Waals surface area contributed by atoms with Crippen molar-refractivity contribution >= 4 is 11.4 Å². The maximum atomic E-state index is 14.0. The fourth-order valence-electron chi connectivity index (χ4n) is 2.62. The molecule has 0 saturated carbocycles.